The number of halogens is 3. The van der Waals surface area contributed by atoms with Crippen LogP contribution in [0.2, 0.25) is 0 Å². The van der Waals surface area contributed by atoms with E-state index in [9.17, 15) is 36.3 Å². The Labute approximate surface area is 266 Å². The van der Waals surface area contributed by atoms with Gasteiger partial charge in [0.05, 0.1) is 36.1 Å². The number of carbonyl (C=O) groups is 2. The molecule has 1 heterocycles. The first-order valence-electron chi connectivity index (χ1n) is 14.6. The molecular formula is C32H37F3N4O6S. The van der Waals surface area contributed by atoms with E-state index in [-0.39, 0.29) is 54.2 Å². The summed E-state index contributed by atoms with van der Waals surface area (Å²) in [5, 5.41) is 12.5. The molecule has 4 rings (SSSR count). The highest BCUT2D eigenvalue weighted by Gasteiger charge is 2.33. The van der Waals surface area contributed by atoms with Gasteiger partial charge in [0.1, 0.15) is 11.9 Å². The maximum absolute atomic E-state index is 13.5. The number of ether oxygens (including phenoxy) is 1. The zero-order chi connectivity index (χ0) is 33.8. The van der Waals surface area contributed by atoms with Crippen LogP contribution in [0.15, 0.2) is 71.6 Å². The molecule has 0 spiro atoms. The van der Waals surface area contributed by atoms with Gasteiger partial charge in [0.15, 0.2) is 0 Å². The van der Waals surface area contributed by atoms with Crippen LogP contribution in [-0.4, -0.2) is 74.2 Å². The normalized spacial score (nSPS) is 17.9. The van der Waals surface area contributed by atoms with E-state index in [2.05, 4.69) is 10.0 Å². The molecular weight excluding hydrogens is 625 g/mol. The lowest BCUT2D eigenvalue weighted by atomic mass is 10.0. The standard InChI is InChI=1S/C32H37F3N4O6S/c1-20-5-12-27(13-6-20)46(43,44)37-26-11-14-28-23(15-26)16-30(41)39(22(3)19-40)17-21(2)29(45-28)18-38(4)31(42)36-25-9-7-24(8-10-25)32(33,34)35/h5-15,21-22,29,37,40H,16-19H2,1-4H3,(H,36,42)/t21-,22+,29-/m0/s1. The van der Waals surface area contributed by atoms with Gasteiger partial charge in [0.2, 0.25) is 5.91 Å². The molecule has 1 aliphatic rings. The molecule has 0 bridgehead atoms. The average Bonchev–Trinajstić information content (AvgIpc) is 3.04. The fourth-order valence-corrected chi connectivity index (χ4v) is 6.01. The van der Waals surface area contributed by atoms with Gasteiger partial charge in [-0.3, -0.25) is 9.52 Å². The van der Waals surface area contributed by atoms with E-state index < -0.39 is 39.9 Å². The number of alkyl halides is 3. The Hall–Kier alpha value is -4.30. The highest BCUT2D eigenvalue weighted by Crippen LogP contribution is 2.31. The molecule has 3 aromatic rings. The minimum atomic E-state index is -4.50. The van der Waals surface area contributed by atoms with Crippen LogP contribution in [0.1, 0.15) is 30.5 Å². The molecule has 0 aliphatic carbocycles. The number of aliphatic hydroxyl groups excluding tert-OH is 1. The maximum atomic E-state index is 13.5. The zero-order valence-electron chi connectivity index (χ0n) is 25.8. The van der Waals surface area contributed by atoms with Crippen LogP contribution in [0.4, 0.5) is 29.3 Å². The molecule has 46 heavy (non-hydrogen) atoms. The summed E-state index contributed by atoms with van der Waals surface area (Å²) in [6.45, 7) is 5.32. The molecule has 14 heteroatoms. The first-order valence-corrected chi connectivity index (χ1v) is 16.0. The Balaban J connectivity index is 1.58. The van der Waals surface area contributed by atoms with Crippen molar-refractivity contribution in [3.8, 4) is 5.75 Å². The molecule has 3 aromatic carbocycles. The summed E-state index contributed by atoms with van der Waals surface area (Å²) in [6.07, 6.45) is -5.31. The Morgan fingerprint density at radius 3 is 2.33 bits per heavy atom. The number of aryl methyl sites for hydroxylation is 1. The fourth-order valence-electron chi connectivity index (χ4n) is 4.96. The second-order valence-electron chi connectivity index (χ2n) is 11.5. The van der Waals surface area contributed by atoms with Gasteiger partial charge in [0, 0.05) is 36.4 Å². The number of sulfonamides is 1. The molecule has 3 N–H and O–H groups in total. The number of fused-ring (bicyclic) bond motifs is 1. The van der Waals surface area contributed by atoms with Crippen molar-refractivity contribution in [1.29, 1.82) is 0 Å². The molecule has 10 nitrogen and oxygen atoms in total. The lowest BCUT2D eigenvalue weighted by Gasteiger charge is -2.34. The average molecular weight is 663 g/mol. The van der Waals surface area contributed by atoms with E-state index in [1.54, 1.807) is 25.1 Å². The second-order valence-corrected chi connectivity index (χ2v) is 13.2. The number of likely N-dealkylation sites (N-methyl/N-ethyl adjacent to an activating group) is 1. The van der Waals surface area contributed by atoms with Crippen LogP contribution >= 0.6 is 0 Å². The summed E-state index contributed by atoms with van der Waals surface area (Å²) >= 11 is 0. The van der Waals surface area contributed by atoms with Crippen molar-refractivity contribution in [2.75, 3.05) is 36.8 Å². The van der Waals surface area contributed by atoms with Crippen LogP contribution in [0.5, 0.6) is 5.75 Å². The summed E-state index contributed by atoms with van der Waals surface area (Å²) in [7, 11) is -2.42. The molecule has 0 aromatic heterocycles. The molecule has 0 radical (unpaired) electrons. The monoisotopic (exact) mass is 662 g/mol. The molecule has 0 saturated carbocycles. The quantitative estimate of drug-likeness (QED) is 0.307. The first-order chi connectivity index (χ1) is 21.6. The van der Waals surface area contributed by atoms with Gasteiger partial charge in [-0.1, -0.05) is 24.6 Å². The zero-order valence-corrected chi connectivity index (χ0v) is 26.7. The number of benzene rings is 3. The third-order valence-electron chi connectivity index (χ3n) is 7.76. The summed E-state index contributed by atoms with van der Waals surface area (Å²) < 4.78 is 73.8. The Kier molecular flexibility index (Phi) is 10.5. The van der Waals surface area contributed by atoms with Crippen LogP contribution in [0.3, 0.4) is 0 Å². The van der Waals surface area contributed by atoms with Gasteiger partial charge in [-0.25, -0.2) is 13.2 Å². The summed E-state index contributed by atoms with van der Waals surface area (Å²) in [6, 6.07) is 13.9. The van der Waals surface area contributed by atoms with Crippen LogP contribution in [0, 0.1) is 12.8 Å². The summed E-state index contributed by atoms with van der Waals surface area (Å²) in [4.78, 5) is 29.4. The molecule has 0 fully saturated rings. The summed E-state index contributed by atoms with van der Waals surface area (Å²) in [5.41, 5.74) is 0.856. The number of nitrogens with zero attached hydrogens (tertiary/aromatic N) is 2. The number of nitrogens with one attached hydrogen (secondary N) is 2. The molecule has 248 valence electrons. The number of rotatable bonds is 8. The van der Waals surface area contributed by atoms with Crippen LogP contribution in [0.25, 0.3) is 0 Å². The van der Waals surface area contributed by atoms with Gasteiger partial charge < -0.3 is 25.0 Å². The van der Waals surface area contributed by atoms with Crippen molar-refractivity contribution in [3.05, 3.63) is 83.4 Å². The van der Waals surface area contributed by atoms with Gasteiger partial charge in [-0.05, 0) is 68.4 Å². The highest BCUT2D eigenvalue weighted by atomic mass is 32.2. The summed E-state index contributed by atoms with van der Waals surface area (Å²) in [5.74, 6) is -0.325. The SMILES string of the molecule is Cc1ccc(S(=O)(=O)Nc2ccc3c(c2)CC(=O)N([C@H](C)CO)C[C@H](C)[C@H](CN(C)C(=O)Nc2ccc(C(F)(F)F)cc2)O3)cc1. The predicted octanol–water partition coefficient (Wildman–Crippen LogP) is 5.13. The Bertz CT molecular complexity index is 1650. The van der Waals surface area contributed by atoms with Gasteiger partial charge in [-0.15, -0.1) is 0 Å². The van der Waals surface area contributed by atoms with Crippen molar-refractivity contribution in [2.45, 2.75) is 50.4 Å². The molecule has 0 unspecified atom stereocenters. The fraction of sp³-hybridized carbons (Fsp3) is 0.375. The maximum Gasteiger partial charge on any atom is 0.416 e. The lowest BCUT2D eigenvalue weighted by Crippen LogP contribution is -2.48. The minimum absolute atomic E-state index is 0.0322. The number of hydrogen-bond donors (Lipinski definition) is 3. The molecule has 3 amide bonds. The third-order valence-corrected chi connectivity index (χ3v) is 9.16. The molecule has 0 saturated heterocycles. The Morgan fingerprint density at radius 1 is 1.09 bits per heavy atom. The van der Waals surface area contributed by atoms with Crippen molar-refractivity contribution in [1.82, 2.24) is 9.80 Å². The van der Waals surface area contributed by atoms with Crippen LogP contribution in [-0.2, 0) is 27.4 Å². The third kappa shape index (κ3) is 8.49. The van der Waals surface area contributed by atoms with E-state index >= 15 is 0 Å². The largest absolute Gasteiger partial charge is 0.488 e. The van der Waals surface area contributed by atoms with Gasteiger partial charge in [0.25, 0.3) is 10.0 Å². The lowest BCUT2D eigenvalue weighted by molar-refractivity contribution is -0.137. The van der Waals surface area contributed by atoms with Crippen molar-refractivity contribution in [2.24, 2.45) is 5.92 Å². The van der Waals surface area contributed by atoms with Gasteiger partial charge in [-0.2, -0.15) is 13.2 Å². The Morgan fingerprint density at radius 2 is 1.72 bits per heavy atom. The van der Waals surface area contributed by atoms with E-state index in [1.807, 2.05) is 13.8 Å². The number of anilines is 2. The van der Waals surface area contributed by atoms with Crippen LogP contribution < -0.4 is 14.8 Å². The van der Waals surface area contributed by atoms with Crippen molar-refractivity contribution >= 4 is 33.3 Å². The number of aliphatic hydroxyl groups is 1. The second kappa shape index (κ2) is 14.0. The smallest absolute Gasteiger partial charge is 0.416 e. The molecule has 3 atom stereocenters. The van der Waals surface area contributed by atoms with E-state index in [0.717, 1.165) is 29.8 Å². The van der Waals surface area contributed by atoms with E-state index in [4.69, 9.17) is 4.74 Å². The number of hydrogen-bond acceptors (Lipinski definition) is 6. The number of urea groups is 1. The molecule has 1 aliphatic heterocycles. The first kappa shape index (κ1) is 34.6. The number of amides is 3. The van der Waals surface area contributed by atoms with Crippen molar-refractivity contribution < 1.29 is 41.0 Å². The van der Waals surface area contributed by atoms with Crippen molar-refractivity contribution in [3.63, 3.8) is 0 Å². The van der Waals surface area contributed by atoms with E-state index in [1.165, 1.54) is 41.1 Å². The van der Waals surface area contributed by atoms with E-state index in [0.29, 0.717) is 11.3 Å². The highest BCUT2D eigenvalue weighted by molar-refractivity contribution is 7.92. The number of carbonyl (C=O) groups excluding carboxylic acids is 2. The van der Waals surface area contributed by atoms with Gasteiger partial charge >= 0.3 is 12.2 Å². The minimum Gasteiger partial charge on any atom is -0.488 e. The predicted molar refractivity (Wildman–Crippen MR) is 167 cm³/mol. The topological polar surface area (TPSA) is 128 Å².